The average Bonchev–Trinajstić information content (AvgIpc) is 2.68. The van der Waals surface area contributed by atoms with Crippen molar-refractivity contribution >= 4 is 0 Å². The Kier molecular flexibility index (Phi) is 5.03. The summed E-state index contributed by atoms with van der Waals surface area (Å²) in [5, 5.41) is 12.0. The van der Waals surface area contributed by atoms with Gasteiger partial charge in [0, 0.05) is 11.1 Å². The summed E-state index contributed by atoms with van der Waals surface area (Å²) in [4.78, 5) is 1.33. The molecule has 0 saturated heterocycles. The third-order valence-electron chi connectivity index (χ3n) is 5.07. The predicted octanol–water partition coefficient (Wildman–Crippen LogP) is 3.18. The van der Waals surface area contributed by atoms with Crippen molar-refractivity contribution in [1.29, 1.82) is 0 Å². The van der Waals surface area contributed by atoms with Crippen molar-refractivity contribution in [2.45, 2.75) is 18.6 Å². The van der Waals surface area contributed by atoms with E-state index < -0.39 is 5.60 Å². The molecule has 0 aliphatic carbocycles. The highest BCUT2D eigenvalue weighted by atomic mass is 16.3. The van der Waals surface area contributed by atoms with E-state index in [0.29, 0.717) is 0 Å². The van der Waals surface area contributed by atoms with Gasteiger partial charge in [-0.15, -0.1) is 0 Å². The van der Waals surface area contributed by atoms with Gasteiger partial charge in [-0.1, -0.05) is 84.9 Å². The Balaban J connectivity index is 2.28. The molecule has 0 bridgehead atoms. The maximum Gasteiger partial charge on any atom is 0.141 e. The monoisotopic (exact) mass is 332 g/mol. The zero-order chi connectivity index (χ0) is 17.9. The van der Waals surface area contributed by atoms with Crippen LogP contribution in [0.1, 0.15) is 35.2 Å². The van der Waals surface area contributed by atoms with Gasteiger partial charge in [-0.3, -0.25) is 0 Å². The van der Waals surface area contributed by atoms with Crippen LogP contribution in [0.4, 0.5) is 0 Å². The SMILES string of the molecule is C[C@@H](c1ccccc1C(O)(c1ccccc1)c1ccccc1)[NH+](C)C. The van der Waals surface area contributed by atoms with Gasteiger partial charge < -0.3 is 10.0 Å². The molecule has 2 nitrogen and oxygen atoms in total. The van der Waals surface area contributed by atoms with Gasteiger partial charge in [0.25, 0.3) is 0 Å². The normalized spacial score (nSPS) is 13.0. The molecule has 3 aromatic carbocycles. The third kappa shape index (κ3) is 3.23. The Morgan fingerprint density at radius 1 is 0.720 bits per heavy atom. The molecule has 0 fully saturated rings. The lowest BCUT2D eigenvalue weighted by Gasteiger charge is -2.33. The Hall–Kier alpha value is -2.42. The summed E-state index contributed by atoms with van der Waals surface area (Å²) in [5.74, 6) is 0. The first kappa shape index (κ1) is 17.4. The van der Waals surface area contributed by atoms with Crippen molar-refractivity contribution in [1.82, 2.24) is 0 Å². The van der Waals surface area contributed by atoms with Crippen LogP contribution in [0.3, 0.4) is 0 Å². The smallest absolute Gasteiger partial charge is 0.141 e. The van der Waals surface area contributed by atoms with Gasteiger partial charge in [-0.2, -0.15) is 0 Å². The fourth-order valence-electron chi connectivity index (χ4n) is 3.35. The van der Waals surface area contributed by atoms with Crippen LogP contribution in [0.5, 0.6) is 0 Å². The van der Waals surface area contributed by atoms with E-state index in [0.717, 1.165) is 22.3 Å². The summed E-state index contributed by atoms with van der Waals surface area (Å²) >= 11 is 0. The Morgan fingerprint density at radius 2 is 1.16 bits per heavy atom. The highest BCUT2D eigenvalue weighted by Gasteiger charge is 2.37. The number of hydrogen-bond donors (Lipinski definition) is 2. The van der Waals surface area contributed by atoms with Crippen molar-refractivity contribution in [2.24, 2.45) is 0 Å². The maximum absolute atomic E-state index is 12.0. The van der Waals surface area contributed by atoms with Crippen molar-refractivity contribution < 1.29 is 10.0 Å². The highest BCUT2D eigenvalue weighted by molar-refractivity contribution is 5.50. The molecule has 0 aromatic heterocycles. The zero-order valence-corrected chi connectivity index (χ0v) is 15.1. The van der Waals surface area contributed by atoms with E-state index >= 15 is 0 Å². The summed E-state index contributed by atoms with van der Waals surface area (Å²) < 4.78 is 0. The molecule has 0 amide bonds. The summed E-state index contributed by atoms with van der Waals surface area (Å²) in [6, 6.07) is 28.4. The Morgan fingerprint density at radius 3 is 1.64 bits per heavy atom. The molecule has 0 radical (unpaired) electrons. The second-order valence-corrected chi connectivity index (χ2v) is 6.83. The molecular formula is C23H26NO+. The molecule has 0 unspecified atom stereocenters. The molecule has 128 valence electrons. The van der Waals surface area contributed by atoms with Crippen molar-refractivity contribution in [2.75, 3.05) is 14.1 Å². The number of quaternary nitrogens is 1. The molecular weight excluding hydrogens is 306 g/mol. The van der Waals surface area contributed by atoms with Crippen molar-refractivity contribution in [3.05, 3.63) is 107 Å². The number of benzene rings is 3. The fourth-order valence-corrected chi connectivity index (χ4v) is 3.35. The van der Waals surface area contributed by atoms with E-state index in [2.05, 4.69) is 39.2 Å². The second kappa shape index (κ2) is 7.22. The quantitative estimate of drug-likeness (QED) is 0.689. The molecule has 25 heavy (non-hydrogen) atoms. The summed E-state index contributed by atoms with van der Waals surface area (Å²) in [6.45, 7) is 2.20. The van der Waals surface area contributed by atoms with Gasteiger partial charge >= 0.3 is 0 Å². The van der Waals surface area contributed by atoms with E-state index in [1.807, 2.05) is 66.7 Å². The van der Waals surface area contributed by atoms with Crippen LogP contribution in [0.15, 0.2) is 84.9 Å². The van der Waals surface area contributed by atoms with Gasteiger partial charge in [-0.05, 0) is 18.1 Å². The van der Waals surface area contributed by atoms with Gasteiger partial charge in [0.15, 0.2) is 0 Å². The lowest BCUT2D eigenvalue weighted by atomic mass is 9.77. The number of nitrogens with one attached hydrogen (secondary N) is 1. The highest BCUT2D eigenvalue weighted by Crippen LogP contribution is 2.39. The largest absolute Gasteiger partial charge is 0.376 e. The van der Waals surface area contributed by atoms with Gasteiger partial charge in [0.1, 0.15) is 11.6 Å². The van der Waals surface area contributed by atoms with E-state index in [1.165, 1.54) is 4.90 Å². The van der Waals surface area contributed by atoms with Crippen molar-refractivity contribution in [3.8, 4) is 0 Å². The Labute approximate surface area is 150 Å². The molecule has 0 heterocycles. The molecule has 3 rings (SSSR count). The van der Waals surface area contributed by atoms with Crippen LogP contribution in [0.25, 0.3) is 0 Å². The molecule has 0 saturated carbocycles. The van der Waals surface area contributed by atoms with E-state index in [9.17, 15) is 5.11 Å². The lowest BCUT2D eigenvalue weighted by Crippen LogP contribution is -3.05. The first-order chi connectivity index (χ1) is 12.0. The number of rotatable bonds is 5. The first-order valence-electron chi connectivity index (χ1n) is 8.78. The van der Waals surface area contributed by atoms with Crippen LogP contribution < -0.4 is 4.90 Å². The minimum Gasteiger partial charge on any atom is -0.376 e. The first-order valence-corrected chi connectivity index (χ1v) is 8.78. The molecule has 2 N–H and O–H groups in total. The molecule has 1 atom stereocenters. The van der Waals surface area contributed by atoms with Crippen LogP contribution in [-0.4, -0.2) is 19.2 Å². The van der Waals surface area contributed by atoms with Crippen LogP contribution in [0.2, 0.25) is 0 Å². The van der Waals surface area contributed by atoms with Gasteiger partial charge in [0.05, 0.1) is 14.1 Å². The van der Waals surface area contributed by atoms with Gasteiger partial charge in [-0.25, -0.2) is 0 Å². The van der Waals surface area contributed by atoms with Crippen LogP contribution >= 0.6 is 0 Å². The number of aliphatic hydroxyl groups is 1. The maximum atomic E-state index is 12.0. The fraction of sp³-hybridized carbons (Fsp3) is 0.217. The minimum absolute atomic E-state index is 0.273. The molecule has 0 spiro atoms. The van der Waals surface area contributed by atoms with Crippen LogP contribution in [-0.2, 0) is 5.60 Å². The van der Waals surface area contributed by atoms with E-state index in [-0.39, 0.29) is 6.04 Å². The topological polar surface area (TPSA) is 24.7 Å². The third-order valence-corrected chi connectivity index (χ3v) is 5.07. The molecule has 2 heteroatoms. The van der Waals surface area contributed by atoms with E-state index in [1.54, 1.807) is 0 Å². The van der Waals surface area contributed by atoms with E-state index in [4.69, 9.17) is 0 Å². The summed E-state index contributed by atoms with van der Waals surface area (Å²) in [6.07, 6.45) is 0. The lowest BCUT2D eigenvalue weighted by molar-refractivity contribution is -0.890. The summed E-state index contributed by atoms with van der Waals surface area (Å²) in [5.41, 5.74) is 2.70. The average molecular weight is 332 g/mol. The number of hydrogen-bond acceptors (Lipinski definition) is 1. The summed E-state index contributed by atoms with van der Waals surface area (Å²) in [7, 11) is 4.29. The molecule has 0 aliphatic rings. The molecule has 0 aliphatic heterocycles. The minimum atomic E-state index is -1.18. The second-order valence-electron chi connectivity index (χ2n) is 6.83. The standard InChI is InChI=1S/C23H25NO/c1-18(24(2)3)21-16-10-11-17-22(21)23(25,19-12-6-4-7-13-19)20-14-8-5-9-15-20/h4-18,25H,1-3H3/p+1/t18-/m0/s1. The Bertz CT molecular complexity index is 772. The molecule has 3 aromatic rings. The zero-order valence-electron chi connectivity index (χ0n) is 15.1. The van der Waals surface area contributed by atoms with Gasteiger partial charge in [0.2, 0.25) is 0 Å². The van der Waals surface area contributed by atoms with Crippen molar-refractivity contribution in [3.63, 3.8) is 0 Å². The predicted molar refractivity (Wildman–Crippen MR) is 103 cm³/mol. The van der Waals surface area contributed by atoms with Crippen LogP contribution in [0, 0.1) is 0 Å².